The maximum atomic E-state index is 14.0. The number of amides is 1. The van der Waals surface area contributed by atoms with Gasteiger partial charge in [0, 0.05) is 31.9 Å². The first-order valence-corrected chi connectivity index (χ1v) is 8.40. The molecule has 0 aromatic heterocycles. The monoisotopic (exact) mass is 346 g/mol. The van der Waals surface area contributed by atoms with Crippen LogP contribution in [0.2, 0.25) is 5.02 Å². The van der Waals surface area contributed by atoms with Crippen molar-refractivity contribution in [2.75, 3.05) is 31.1 Å². The van der Waals surface area contributed by atoms with Crippen LogP contribution < -0.4 is 4.90 Å². The van der Waals surface area contributed by atoms with Crippen molar-refractivity contribution in [3.05, 3.63) is 63.9 Å². The third-order valence-corrected chi connectivity index (χ3v) is 4.76. The van der Waals surface area contributed by atoms with Gasteiger partial charge in [0.15, 0.2) is 0 Å². The first kappa shape index (κ1) is 16.8. The Labute approximate surface area is 146 Å². The molecular formula is C19H20ClFN2O. The predicted octanol–water partition coefficient (Wildman–Crippen LogP) is 4.06. The average molecular weight is 347 g/mol. The minimum atomic E-state index is -0.565. The Morgan fingerprint density at radius 1 is 1.08 bits per heavy atom. The number of carbonyl (C=O) groups excluding carboxylic acids is 1. The number of hydrogen-bond donors (Lipinski definition) is 0. The van der Waals surface area contributed by atoms with Crippen LogP contribution in [-0.4, -0.2) is 37.0 Å². The van der Waals surface area contributed by atoms with Gasteiger partial charge in [-0.1, -0.05) is 29.8 Å². The molecule has 126 valence electrons. The Hall–Kier alpha value is -2.07. The smallest absolute Gasteiger partial charge is 0.258 e. The van der Waals surface area contributed by atoms with Gasteiger partial charge in [-0.3, -0.25) is 4.79 Å². The molecule has 1 fully saturated rings. The molecule has 5 heteroatoms. The number of carbonyl (C=O) groups is 1. The summed E-state index contributed by atoms with van der Waals surface area (Å²) in [6.07, 6.45) is 0. The van der Waals surface area contributed by atoms with Gasteiger partial charge in [0.2, 0.25) is 0 Å². The molecule has 0 radical (unpaired) electrons. The van der Waals surface area contributed by atoms with E-state index in [4.69, 9.17) is 11.6 Å². The standard InChI is InChI=1S/C19H20ClFN2O/c1-13-6-7-14(2)17(12-13)22-8-10-23(11-9-22)19(24)18-15(20)4-3-5-16(18)21/h3-7,12H,8-11H2,1-2H3. The summed E-state index contributed by atoms with van der Waals surface area (Å²) < 4.78 is 14.0. The van der Waals surface area contributed by atoms with Crippen molar-refractivity contribution in [3.8, 4) is 0 Å². The number of benzene rings is 2. The molecule has 24 heavy (non-hydrogen) atoms. The fourth-order valence-corrected chi connectivity index (χ4v) is 3.31. The maximum Gasteiger partial charge on any atom is 0.258 e. The molecule has 0 bridgehead atoms. The van der Waals surface area contributed by atoms with Crippen molar-refractivity contribution in [1.82, 2.24) is 4.90 Å². The Balaban J connectivity index is 1.73. The maximum absolute atomic E-state index is 14.0. The highest BCUT2D eigenvalue weighted by Crippen LogP contribution is 2.25. The summed E-state index contributed by atoms with van der Waals surface area (Å²) in [5.74, 6) is -0.900. The van der Waals surface area contributed by atoms with Crippen LogP contribution in [0.15, 0.2) is 36.4 Å². The number of nitrogens with zero attached hydrogens (tertiary/aromatic N) is 2. The Morgan fingerprint density at radius 3 is 2.46 bits per heavy atom. The van der Waals surface area contributed by atoms with Crippen LogP contribution in [0.25, 0.3) is 0 Å². The molecule has 1 aliphatic heterocycles. The Kier molecular flexibility index (Phi) is 4.76. The van der Waals surface area contributed by atoms with Crippen molar-refractivity contribution < 1.29 is 9.18 Å². The second kappa shape index (κ2) is 6.81. The van der Waals surface area contributed by atoms with E-state index < -0.39 is 5.82 Å². The first-order valence-electron chi connectivity index (χ1n) is 8.03. The van der Waals surface area contributed by atoms with Gasteiger partial charge in [-0.15, -0.1) is 0 Å². The molecule has 2 aromatic rings. The van der Waals surface area contributed by atoms with Crippen LogP contribution in [0.5, 0.6) is 0 Å². The van der Waals surface area contributed by atoms with Crippen molar-refractivity contribution in [1.29, 1.82) is 0 Å². The molecule has 0 unspecified atom stereocenters. The second-order valence-corrected chi connectivity index (χ2v) is 6.57. The van der Waals surface area contributed by atoms with Gasteiger partial charge >= 0.3 is 0 Å². The predicted molar refractivity (Wildman–Crippen MR) is 95.4 cm³/mol. The largest absolute Gasteiger partial charge is 0.368 e. The molecule has 0 N–H and O–H groups in total. The first-order chi connectivity index (χ1) is 11.5. The van der Waals surface area contributed by atoms with Gasteiger partial charge < -0.3 is 9.80 Å². The zero-order chi connectivity index (χ0) is 17.3. The lowest BCUT2D eigenvalue weighted by molar-refractivity contribution is 0.0742. The van der Waals surface area contributed by atoms with E-state index in [9.17, 15) is 9.18 Å². The lowest BCUT2D eigenvalue weighted by Crippen LogP contribution is -2.49. The molecule has 1 amide bonds. The molecule has 3 nitrogen and oxygen atoms in total. The molecule has 0 saturated carbocycles. The number of halogens is 2. The van der Waals surface area contributed by atoms with Crippen molar-refractivity contribution >= 4 is 23.2 Å². The Morgan fingerprint density at radius 2 is 1.79 bits per heavy atom. The van der Waals surface area contributed by atoms with Crippen LogP contribution >= 0.6 is 11.6 Å². The summed E-state index contributed by atoms with van der Waals surface area (Å²) in [4.78, 5) is 16.5. The summed E-state index contributed by atoms with van der Waals surface area (Å²) >= 11 is 6.01. The van der Waals surface area contributed by atoms with Crippen molar-refractivity contribution in [3.63, 3.8) is 0 Å². The van der Waals surface area contributed by atoms with Gasteiger partial charge in [0.05, 0.1) is 10.6 Å². The van der Waals surface area contributed by atoms with Gasteiger partial charge in [-0.05, 0) is 43.2 Å². The summed E-state index contributed by atoms with van der Waals surface area (Å²) in [6.45, 7) is 6.71. The zero-order valence-electron chi connectivity index (χ0n) is 13.9. The van der Waals surface area contributed by atoms with Crippen LogP contribution in [0.3, 0.4) is 0 Å². The molecule has 0 atom stereocenters. The molecule has 1 aliphatic rings. The molecular weight excluding hydrogens is 327 g/mol. The highest BCUT2D eigenvalue weighted by atomic mass is 35.5. The van der Waals surface area contributed by atoms with Gasteiger partial charge in [0.1, 0.15) is 5.82 Å². The summed E-state index contributed by atoms with van der Waals surface area (Å²) in [6, 6.07) is 10.7. The third kappa shape index (κ3) is 3.24. The van der Waals surface area contributed by atoms with Crippen LogP contribution in [-0.2, 0) is 0 Å². The zero-order valence-corrected chi connectivity index (χ0v) is 14.6. The molecule has 0 aliphatic carbocycles. The molecule has 1 heterocycles. The fraction of sp³-hybridized carbons (Fsp3) is 0.316. The Bertz CT molecular complexity index is 750. The summed E-state index contributed by atoms with van der Waals surface area (Å²) in [5, 5.41) is 0.164. The quantitative estimate of drug-likeness (QED) is 0.818. The minimum absolute atomic E-state index is 0.0284. The van der Waals surface area contributed by atoms with Crippen LogP contribution in [0.4, 0.5) is 10.1 Å². The SMILES string of the molecule is Cc1ccc(C)c(N2CCN(C(=O)c3c(F)cccc3Cl)CC2)c1. The number of anilines is 1. The van der Waals surface area contributed by atoms with Crippen LogP contribution in [0, 0.1) is 19.7 Å². The summed E-state index contributed by atoms with van der Waals surface area (Å²) in [7, 11) is 0. The number of rotatable bonds is 2. The summed E-state index contributed by atoms with van der Waals surface area (Å²) in [5.41, 5.74) is 3.61. The number of aryl methyl sites for hydroxylation is 2. The lowest BCUT2D eigenvalue weighted by Gasteiger charge is -2.37. The third-order valence-electron chi connectivity index (χ3n) is 4.45. The van der Waals surface area contributed by atoms with Crippen molar-refractivity contribution in [2.24, 2.45) is 0 Å². The van der Waals surface area contributed by atoms with E-state index in [1.54, 1.807) is 11.0 Å². The van der Waals surface area contributed by atoms with E-state index in [-0.39, 0.29) is 16.5 Å². The topological polar surface area (TPSA) is 23.6 Å². The number of hydrogen-bond acceptors (Lipinski definition) is 2. The highest BCUT2D eigenvalue weighted by Gasteiger charge is 2.26. The van der Waals surface area contributed by atoms with E-state index in [2.05, 4.69) is 36.9 Å². The average Bonchev–Trinajstić information content (AvgIpc) is 2.57. The highest BCUT2D eigenvalue weighted by molar-refractivity contribution is 6.33. The van der Waals surface area contributed by atoms with E-state index in [0.29, 0.717) is 13.1 Å². The lowest BCUT2D eigenvalue weighted by atomic mass is 10.1. The molecule has 1 saturated heterocycles. The van der Waals surface area contributed by atoms with Gasteiger partial charge in [-0.25, -0.2) is 4.39 Å². The van der Waals surface area contributed by atoms with Crippen molar-refractivity contribution in [2.45, 2.75) is 13.8 Å². The van der Waals surface area contributed by atoms with E-state index in [1.807, 2.05) is 0 Å². The van der Waals surface area contributed by atoms with E-state index in [0.717, 1.165) is 13.1 Å². The molecule has 0 spiro atoms. The van der Waals surface area contributed by atoms with E-state index in [1.165, 1.54) is 28.9 Å². The van der Waals surface area contributed by atoms with Gasteiger partial charge in [-0.2, -0.15) is 0 Å². The molecule has 3 rings (SSSR count). The van der Waals surface area contributed by atoms with Gasteiger partial charge in [0.25, 0.3) is 5.91 Å². The minimum Gasteiger partial charge on any atom is -0.368 e. The molecule has 2 aromatic carbocycles. The fourth-order valence-electron chi connectivity index (χ4n) is 3.07. The van der Waals surface area contributed by atoms with Crippen LogP contribution in [0.1, 0.15) is 21.5 Å². The van der Waals surface area contributed by atoms with E-state index >= 15 is 0 Å². The normalized spacial score (nSPS) is 14.8. The number of piperazine rings is 1. The second-order valence-electron chi connectivity index (χ2n) is 6.17.